The Morgan fingerprint density at radius 2 is 1.95 bits per heavy atom. The van der Waals surface area contributed by atoms with Crippen LogP contribution in [0.25, 0.3) is 0 Å². The van der Waals surface area contributed by atoms with Gasteiger partial charge in [0.25, 0.3) is 0 Å². The Morgan fingerprint density at radius 1 is 1.29 bits per heavy atom. The SMILES string of the molecule is CC(C)C(C(=O)CCCc1nnc(C2CC2)o1)C(C)(C)C. The molecule has 1 aromatic heterocycles. The molecule has 1 heterocycles. The molecule has 1 fully saturated rings. The van der Waals surface area contributed by atoms with Crippen molar-refractivity contribution in [1.82, 2.24) is 10.2 Å². The smallest absolute Gasteiger partial charge is 0.219 e. The summed E-state index contributed by atoms with van der Waals surface area (Å²) in [5.74, 6) is 2.82. The summed E-state index contributed by atoms with van der Waals surface area (Å²) in [6.45, 7) is 10.7. The summed E-state index contributed by atoms with van der Waals surface area (Å²) in [5, 5.41) is 8.15. The summed E-state index contributed by atoms with van der Waals surface area (Å²) in [7, 11) is 0. The Balaban J connectivity index is 1.82. The van der Waals surface area contributed by atoms with Crippen molar-refractivity contribution in [3.05, 3.63) is 11.8 Å². The Morgan fingerprint density at radius 3 is 2.48 bits per heavy atom. The number of nitrogens with zero attached hydrogens (tertiary/aromatic N) is 2. The van der Waals surface area contributed by atoms with Crippen LogP contribution in [-0.2, 0) is 11.2 Å². The number of hydrogen-bond acceptors (Lipinski definition) is 4. The highest BCUT2D eigenvalue weighted by atomic mass is 16.4. The molecule has 118 valence electrons. The minimum Gasteiger partial charge on any atom is -0.425 e. The van der Waals surface area contributed by atoms with Gasteiger partial charge in [0.15, 0.2) is 0 Å². The molecule has 0 saturated heterocycles. The second-order valence-corrected chi connectivity index (χ2v) is 7.72. The van der Waals surface area contributed by atoms with Gasteiger partial charge in [-0.1, -0.05) is 34.6 Å². The summed E-state index contributed by atoms with van der Waals surface area (Å²) in [6, 6.07) is 0. The standard InChI is InChI=1S/C17H28N2O2/c1-11(2)15(17(3,4)5)13(20)7-6-8-14-18-19-16(21-14)12-9-10-12/h11-12,15H,6-10H2,1-5H3. The molecule has 4 nitrogen and oxygen atoms in total. The van der Waals surface area contributed by atoms with Crippen LogP contribution >= 0.6 is 0 Å². The van der Waals surface area contributed by atoms with Gasteiger partial charge in [-0.3, -0.25) is 4.79 Å². The summed E-state index contributed by atoms with van der Waals surface area (Å²) in [4.78, 5) is 12.5. The summed E-state index contributed by atoms with van der Waals surface area (Å²) in [5.41, 5.74) is 0.0227. The highest BCUT2D eigenvalue weighted by molar-refractivity contribution is 5.81. The van der Waals surface area contributed by atoms with Gasteiger partial charge < -0.3 is 4.42 Å². The van der Waals surface area contributed by atoms with Crippen LogP contribution in [-0.4, -0.2) is 16.0 Å². The van der Waals surface area contributed by atoms with Gasteiger partial charge in [-0.05, 0) is 30.6 Å². The van der Waals surface area contributed by atoms with Gasteiger partial charge >= 0.3 is 0 Å². The van der Waals surface area contributed by atoms with E-state index in [1.54, 1.807) is 0 Å². The largest absolute Gasteiger partial charge is 0.425 e. The molecule has 0 bridgehead atoms. The first-order chi connectivity index (χ1) is 9.79. The number of hydrogen-bond donors (Lipinski definition) is 0. The lowest BCUT2D eigenvalue weighted by Gasteiger charge is -2.32. The van der Waals surface area contributed by atoms with Gasteiger partial charge in [-0.25, -0.2) is 0 Å². The van der Waals surface area contributed by atoms with Crippen LogP contribution in [0.4, 0.5) is 0 Å². The van der Waals surface area contributed by atoms with Gasteiger partial charge in [-0.2, -0.15) is 0 Å². The molecule has 1 aliphatic rings. The van der Waals surface area contributed by atoms with Crippen molar-refractivity contribution >= 4 is 5.78 Å². The normalized spacial score (nSPS) is 17.2. The van der Waals surface area contributed by atoms with Crippen LogP contribution in [0.2, 0.25) is 0 Å². The second-order valence-electron chi connectivity index (χ2n) is 7.72. The van der Waals surface area contributed by atoms with Gasteiger partial charge in [0, 0.05) is 24.7 Å². The average molecular weight is 292 g/mol. The molecule has 0 amide bonds. The van der Waals surface area contributed by atoms with Crippen LogP contribution in [0.3, 0.4) is 0 Å². The molecular weight excluding hydrogens is 264 g/mol. The van der Waals surface area contributed by atoms with Crippen molar-refractivity contribution < 1.29 is 9.21 Å². The molecule has 0 aliphatic heterocycles. The number of Topliss-reactive ketones (excluding diaryl/α,β-unsaturated/α-hetero) is 1. The fraction of sp³-hybridized carbons (Fsp3) is 0.824. The summed E-state index contributed by atoms with van der Waals surface area (Å²) in [6.07, 6.45) is 4.44. The van der Waals surface area contributed by atoms with Gasteiger partial charge in [0.1, 0.15) is 5.78 Å². The number of ketones is 1. The van der Waals surface area contributed by atoms with E-state index in [-0.39, 0.29) is 11.3 Å². The fourth-order valence-electron chi connectivity index (χ4n) is 3.29. The van der Waals surface area contributed by atoms with Crippen LogP contribution in [0.5, 0.6) is 0 Å². The van der Waals surface area contributed by atoms with E-state index >= 15 is 0 Å². The zero-order valence-corrected chi connectivity index (χ0v) is 14.0. The fourth-order valence-corrected chi connectivity index (χ4v) is 3.29. The van der Waals surface area contributed by atoms with E-state index in [0.717, 1.165) is 12.3 Å². The van der Waals surface area contributed by atoms with Gasteiger partial charge in [-0.15, -0.1) is 10.2 Å². The third kappa shape index (κ3) is 4.39. The quantitative estimate of drug-likeness (QED) is 0.757. The van der Waals surface area contributed by atoms with Crippen molar-refractivity contribution in [2.24, 2.45) is 17.3 Å². The summed E-state index contributed by atoms with van der Waals surface area (Å²) >= 11 is 0. The molecule has 1 aliphatic carbocycles. The van der Waals surface area contributed by atoms with Crippen LogP contribution in [0.1, 0.15) is 78.0 Å². The third-order valence-electron chi connectivity index (χ3n) is 4.17. The first-order valence-electron chi connectivity index (χ1n) is 8.14. The van der Waals surface area contributed by atoms with E-state index in [9.17, 15) is 4.79 Å². The molecule has 21 heavy (non-hydrogen) atoms. The molecular formula is C17H28N2O2. The lowest BCUT2D eigenvalue weighted by molar-refractivity contribution is -0.128. The van der Waals surface area contributed by atoms with Gasteiger partial charge in [0.05, 0.1) is 0 Å². The molecule has 0 aromatic carbocycles. The van der Waals surface area contributed by atoms with E-state index in [4.69, 9.17) is 4.42 Å². The molecule has 4 heteroatoms. The molecule has 1 saturated carbocycles. The predicted octanol–water partition coefficient (Wildman–Crippen LogP) is 4.16. The number of carbonyl (C=O) groups is 1. The van der Waals surface area contributed by atoms with Crippen molar-refractivity contribution in [2.75, 3.05) is 0 Å². The second kappa shape index (κ2) is 6.29. The number of aromatic nitrogens is 2. The van der Waals surface area contributed by atoms with E-state index in [0.29, 0.717) is 36.4 Å². The molecule has 2 rings (SSSR count). The van der Waals surface area contributed by atoms with Crippen molar-refractivity contribution in [3.8, 4) is 0 Å². The number of rotatable bonds is 7. The van der Waals surface area contributed by atoms with E-state index < -0.39 is 0 Å². The molecule has 1 atom stereocenters. The molecule has 1 unspecified atom stereocenters. The van der Waals surface area contributed by atoms with Crippen molar-refractivity contribution in [3.63, 3.8) is 0 Å². The highest BCUT2D eigenvalue weighted by Gasteiger charge is 2.33. The first-order valence-corrected chi connectivity index (χ1v) is 8.14. The van der Waals surface area contributed by atoms with Crippen LogP contribution < -0.4 is 0 Å². The van der Waals surface area contributed by atoms with E-state index in [2.05, 4.69) is 44.8 Å². The zero-order chi connectivity index (χ0) is 15.6. The monoisotopic (exact) mass is 292 g/mol. The lowest BCUT2D eigenvalue weighted by Crippen LogP contribution is -2.32. The van der Waals surface area contributed by atoms with Crippen LogP contribution in [0, 0.1) is 17.3 Å². The maximum Gasteiger partial charge on any atom is 0.219 e. The molecule has 0 N–H and O–H groups in total. The zero-order valence-electron chi connectivity index (χ0n) is 14.0. The number of carbonyl (C=O) groups excluding carboxylic acids is 1. The molecule has 0 radical (unpaired) electrons. The maximum atomic E-state index is 12.5. The minimum absolute atomic E-state index is 0.0227. The Labute approximate surface area is 127 Å². The molecule has 0 spiro atoms. The van der Waals surface area contributed by atoms with Crippen LogP contribution in [0.15, 0.2) is 4.42 Å². The third-order valence-corrected chi connectivity index (χ3v) is 4.17. The topological polar surface area (TPSA) is 56.0 Å². The molecule has 1 aromatic rings. The highest BCUT2D eigenvalue weighted by Crippen LogP contribution is 2.39. The average Bonchev–Trinajstić information content (AvgIpc) is 3.07. The van der Waals surface area contributed by atoms with Gasteiger partial charge in [0.2, 0.25) is 11.8 Å². The minimum atomic E-state index is 0.0227. The van der Waals surface area contributed by atoms with E-state index in [1.807, 2.05) is 0 Å². The summed E-state index contributed by atoms with van der Waals surface area (Å²) < 4.78 is 5.63. The Hall–Kier alpha value is -1.19. The Kier molecular flexibility index (Phi) is 4.84. The van der Waals surface area contributed by atoms with Crippen molar-refractivity contribution in [2.45, 2.75) is 72.6 Å². The van der Waals surface area contributed by atoms with Crippen molar-refractivity contribution in [1.29, 1.82) is 0 Å². The lowest BCUT2D eigenvalue weighted by atomic mass is 9.71. The Bertz CT molecular complexity index is 481. The maximum absolute atomic E-state index is 12.5. The predicted molar refractivity (Wildman–Crippen MR) is 82.0 cm³/mol. The van der Waals surface area contributed by atoms with E-state index in [1.165, 1.54) is 12.8 Å². The first kappa shape index (κ1) is 16.2. The number of aryl methyl sites for hydroxylation is 1.